The zero-order valence-electron chi connectivity index (χ0n) is 20.5. The molecule has 182 valence electrons. The van der Waals surface area contributed by atoms with Crippen LogP contribution in [-0.2, 0) is 16.1 Å². The van der Waals surface area contributed by atoms with Gasteiger partial charge in [0.05, 0.1) is 36.6 Å². The highest BCUT2D eigenvalue weighted by Crippen LogP contribution is 2.41. The molecule has 4 rings (SSSR count). The van der Waals surface area contributed by atoms with Crippen molar-refractivity contribution in [1.82, 2.24) is 9.55 Å². The number of esters is 1. The quantitative estimate of drug-likeness (QED) is 0.232. The molecule has 6 nitrogen and oxygen atoms in total. The van der Waals surface area contributed by atoms with Crippen LogP contribution in [0.15, 0.2) is 66.9 Å². The van der Waals surface area contributed by atoms with Gasteiger partial charge < -0.3 is 18.8 Å². The summed E-state index contributed by atoms with van der Waals surface area (Å²) >= 11 is 1.60. The van der Waals surface area contributed by atoms with Gasteiger partial charge in [-0.05, 0) is 79.6 Å². The van der Waals surface area contributed by atoms with Gasteiger partial charge in [-0.1, -0.05) is 13.3 Å². The second kappa shape index (κ2) is 11.2. The second-order valence-electron chi connectivity index (χ2n) is 8.26. The minimum Gasteiger partial charge on any atom is -0.497 e. The summed E-state index contributed by atoms with van der Waals surface area (Å²) in [5, 5.41) is 0.834. The molecule has 1 atom stereocenters. The van der Waals surface area contributed by atoms with Crippen molar-refractivity contribution in [2.75, 3.05) is 14.2 Å². The van der Waals surface area contributed by atoms with Crippen LogP contribution < -0.4 is 9.47 Å². The van der Waals surface area contributed by atoms with E-state index in [4.69, 9.17) is 19.2 Å². The molecule has 0 saturated carbocycles. The van der Waals surface area contributed by atoms with E-state index in [2.05, 4.69) is 6.92 Å². The van der Waals surface area contributed by atoms with Crippen molar-refractivity contribution in [2.24, 2.45) is 0 Å². The van der Waals surface area contributed by atoms with Crippen molar-refractivity contribution >= 4 is 17.3 Å². The van der Waals surface area contributed by atoms with Crippen LogP contribution in [0.25, 0.3) is 32.4 Å². The highest BCUT2D eigenvalue weighted by Gasteiger charge is 2.19. The predicted molar refractivity (Wildman–Crippen MR) is 140 cm³/mol. The van der Waals surface area contributed by atoms with Crippen LogP contribution in [0.5, 0.6) is 11.5 Å². The third-order valence-electron chi connectivity index (χ3n) is 5.72. The Kier molecular flexibility index (Phi) is 7.87. The average molecular weight is 491 g/mol. The Morgan fingerprint density at radius 1 is 0.971 bits per heavy atom. The number of hydrogen-bond acceptors (Lipinski definition) is 6. The Hall–Kier alpha value is -3.58. The van der Waals surface area contributed by atoms with E-state index in [0.29, 0.717) is 0 Å². The molecule has 0 aliphatic carbocycles. The molecule has 0 radical (unpaired) electrons. The zero-order chi connectivity index (χ0) is 24.8. The van der Waals surface area contributed by atoms with Gasteiger partial charge in [-0.15, -0.1) is 11.3 Å². The van der Waals surface area contributed by atoms with Gasteiger partial charge in [-0.3, -0.25) is 4.79 Å². The van der Waals surface area contributed by atoms with Crippen LogP contribution in [0.4, 0.5) is 0 Å². The smallest absolute Gasteiger partial charge is 0.326 e. The van der Waals surface area contributed by atoms with Gasteiger partial charge in [-0.2, -0.15) is 0 Å². The molecule has 0 spiro atoms. The number of methoxy groups -OCH3 is 2. The topological polar surface area (TPSA) is 62.6 Å². The first-order chi connectivity index (χ1) is 17.0. The van der Waals surface area contributed by atoms with E-state index >= 15 is 0 Å². The Morgan fingerprint density at radius 3 is 2.20 bits per heavy atom. The summed E-state index contributed by atoms with van der Waals surface area (Å²) in [5.74, 6) is 1.35. The Bertz CT molecular complexity index is 1190. The van der Waals surface area contributed by atoms with Crippen molar-refractivity contribution in [3.05, 3.63) is 66.9 Å². The molecule has 0 fully saturated rings. The van der Waals surface area contributed by atoms with Crippen molar-refractivity contribution in [1.29, 1.82) is 0 Å². The molecule has 1 unspecified atom stereocenters. The minimum atomic E-state index is -0.245. The standard InChI is InChI=1S/C28H30N2O4S/c1-5-7-19(2)34-25(31)18-30-17-6-8-24(30)28-29-26(20-9-13-22(32-3)14-10-20)27(35-28)21-11-15-23(33-4)16-12-21/h6,8-17,19H,5,7,18H2,1-4H3. The summed E-state index contributed by atoms with van der Waals surface area (Å²) in [7, 11) is 3.31. The number of hydrogen-bond donors (Lipinski definition) is 0. The maximum atomic E-state index is 12.5. The van der Waals surface area contributed by atoms with E-state index in [9.17, 15) is 4.79 Å². The van der Waals surface area contributed by atoms with Crippen LogP contribution in [0, 0.1) is 0 Å². The first-order valence-corrected chi connectivity index (χ1v) is 12.5. The van der Waals surface area contributed by atoms with Crippen LogP contribution in [-0.4, -0.2) is 35.8 Å². The fourth-order valence-electron chi connectivity index (χ4n) is 3.92. The highest BCUT2D eigenvalue weighted by molar-refractivity contribution is 7.18. The summed E-state index contributed by atoms with van der Waals surface area (Å²) in [6.45, 7) is 4.16. The van der Waals surface area contributed by atoms with Crippen molar-refractivity contribution in [3.8, 4) is 43.9 Å². The van der Waals surface area contributed by atoms with Gasteiger partial charge in [0.1, 0.15) is 23.1 Å². The molecule has 2 aromatic carbocycles. The molecule has 35 heavy (non-hydrogen) atoms. The molecular weight excluding hydrogens is 460 g/mol. The fraction of sp³-hybridized carbons (Fsp3) is 0.286. The highest BCUT2D eigenvalue weighted by atomic mass is 32.1. The first kappa shape index (κ1) is 24.5. The maximum absolute atomic E-state index is 12.5. The van der Waals surface area contributed by atoms with Gasteiger partial charge in [0.15, 0.2) is 0 Å². The molecule has 0 aliphatic rings. The van der Waals surface area contributed by atoms with Gasteiger partial charge in [0.25, 0.3) is 0 Å². The van der Waals surface area contributed by atoms with Crippen LogP contribution in [0.1, 0.15) is 26.7 Å². The summed E-state index contributed by atoms with van der Waals surface area (Å²) in [6, 6.07) is 19.8. The van der Waals surface area contributed by atoms with E-state index in [0.717, 1.165) is 56.7 Å². The van der Waals surface area contributed by atoms with Crippen LogP contribution in [0.2, 0.25) is 0 Å². The van der Waals surface area contributed by atoms with Crippen molar-refractivity contribution in [2.45, 2.75) is 39.3 Å². The van der Waals surface area contributed by atoms with Crippen LogP contribution in [0.3, 0.4) is 0 Å². The van der Waals surface area contributed by atoms with E-state index in [1.54, 1.807) is 25.6 Å². The van der Waals surface area contributed by atoms with E-state index in [1.807, 2.05) is 78.4 Å². The Morgan fingerprint density at radius 2 is 1.60 bits per heavy atom. The number of benzene rings is 2. The molecule has 0 aliphatic heterocycles. The summed E-state index contributed by atoms with van der Waals surface area (Å²) in [4.78, 5) is 18.6. The number of rotatable bonds is 10. The van der Waals surface area contributed by atoms with Gasteiger partial charge in [0.2, 0.25) is 0 Å². The maximum Gasteiger partial charge on any atom is 0.326 e. The van der Waals surface area contributed by atoms with Crippen molar-refractivity contribution < 1.29 is 19.0 Å². The lowest BCUT2D eigenvalue weighted by atomic mass is 10.1. The van der Waals surface area contributed by atoms with Crippen molar-refractivity contribution in [3.63, 3.8) is 0 Å². The molecule has 0 amide bonds. The molecule has 4 aromatic rings. The molecular formula is C28H30N2O4S. The third kappa shape index (κ3) is 5.74. The SMILES string of the molecule is CCCC(C)OC(=O)Cn1cccc1-c1nc(-c2ccc(OC)cc2)c(-c2ccc(OC)cc2)s1. The number of carbonyl (C=O) groups excluding carboxylic acids is 1. The molecule has 0 saturated heterocycles. The monoisotopic (exact) mass is 490 g/mol. The van der Waals surface area contributed by atoms with Gasteiger partial charge in [0, 0.05) is 11.8 Å². The van der Waals surface area contributed by atoms with E-state index < -0.39 is 0 Å². The third-order valence-corrected chi connectivity index (χ3v) is 6.85. The number of nitrogens with zero attached hydrogens (tertiary/aromatic N) is 2. The molecule has 0 N–H and O–H groups in total. The number of aromatic nitrogens is 2. The fourth-order valence-corrected chi connectivity index (χ4v) is 5.06. The largest absolute Gasteiger partial charge is 0.497 e. The summed E-state index contributed by atoms with van der Waals surface area (Å²) < 4.78 is 18.1. The Labute approximate surface area is 210 Å². The molecule has 7 heteroatoms. The predicted octanol–water partition coefficient (Wildman–Crippen LogP) is 6.69. The summed E-state index contributed by atoms with van der Waals surface area (Å²) in [5.41, 5.74) is 3.80. The van der Waals surface area contributed by atoms with Crippen LogP contribution >= 0.6 is 11.3 Å². The molecule has 2 heterocycles. The normalized spacial score (nSPS) is 11.8. The van der Waals surface area contributed by atoms with Gasteiger partial charge >= 0.3 is 5.97 Å². The van der Waals surface area contributed by atoms with Gasteiger partial charge in [-0.25, -0.2) is 4.98 Å². The second-order valence-corrected chi connectivity index (χ2v) is 9.26. The number of carbonyl (C=O) groups is 1. The number of ether oxygens (including phenoxy) is 3. The number of thiazole rings is 1. The lowest BCUT2D eigenvalue weighted by Crippen LogP contribution is -2.19. The lowest BCUT2D eigenvalue weighted by molar-refractivity contribution is -0.149. The molecule has 0 bridgehead atoms. The summed E-state index contributed by atoms with van der Waals surface area (Å²) in [6.07, 6.45) is 3.63. The minimum absolute atomic E-state index is 0.0882. The molecule has 2 aromatic heterocycles. The average Bonchev–Trinajstić information content (AvgIpc) is 3.51. The lowest BCUT2D eigenvalue weighted by Gasteiger charge is -2.13. The Balaban J connectivity index is 1.70. The van der Waals surface area contributed by atoms with E-state index in [-0.39, 0.29) is 18.6 Å². The first-order valence-electron chi connectivity index (χ1n) is 11.7. The van der Waals surface area contributed by atoms with E-state index in [1.165, 1.54) is 0 Å². The zero-order valence-corrected chi connectivity index (χ0v) is 21.3.